The first kappa shape index (κ1) is 14.5. The van der Waals surface area contributed by atoms with Gasteiger partial charge in [-0.2, -0.15) is 0 Å². The number of nitrogens with zero attached hydrogens (tertiary/aromatic N) is 2. The molecular formula is C13H17N3O3S. The first-order chi connectivity index (χ1) is 9.58. The summed E-state index contributed by atoms with van der Waals surface area (Å²) in [4.78, 5) is 4.10. The van der Waals surface area contributed by atoms with Crippen LogP contribution in [0, 0.1) is 0 Å². The lowest BCUT2D eigenvalue weighted by molar-refractivity contribution is 0.474. The second-order valence-corrected chi connectivity index (χ2v) is 6.17. The van der Waals surface area contributed by atoms with Crippen molar-refractivity contribution in [3.05, 3.63) is 43.0 Å². The maximum Gasteiger partial charge on any atom is 0.240 e. The molecule has 0 saturated heterocycles. The summed E-state index contributed by atoms with van der Waals surface area (Å²) < 4.78 is 28.3. The number of phenolic OH excluding ortho intramolecular Hbond substituents is 1. The Labute approximate surface area is 118 Å². The summed E-state index contributed by atoms with van der Waals surface area (Å²) in [5, 5.41) is 9.14. The van der Waals surface area contributed by atoms with E-state index in [0.717, 1.165) is 19.4 Å². The van der Waals surface area contributed by atoms with Crippen LogP contribution in [0.25, 0.3) is 0 Å². The van der Waals surface area contributed by atoms with E-state index in [2.05, 4.69) is 9.71 Å². The molecule has 2 aromatic rings. The van der Waals surface area contributed by atoms with Crippen LogP contribution in [0.3, 0.4) is 0 Å². The summed E-state index contributed by atoms with van der Waals surface area (Å²) in [7, 11) is -3.49. The fourth-order valence-electron chi connectivity index (χ4n) is 1.75. The normalized spacial score (nSPS) is 11.6. The molecule has 0 bridgehead atoms. The molecule has 2 rings (SSSR count). The lowest BCUT2D eigenvalue weighted by Crippen LogP contribution is -2.24. The molecular weight excluding hydrogens is 278 g/mol. The summed E-state index contributed by atoms with van der Waals surface area (Å²) in [6, 6.07) is 5.47. The summed E-state index contributed by atoms with van der Waals surface area (Å²) in [5.74, 6) is 0.0456. The third-order valence-electron chi connectivity index (χ3n) is 2.84. The van der Waals surface area contributed by atoms with Gasteiger partial charge in [0.2, 0.25) is 10.0 Å². The third kappa shape index (κ3) is 4.07. The summed E-state index contributed by atoms with van der Waals surface area (Å²) in [6.45, 7) is 1.21. The Balaban J connectivity index is 1.76. The van der Waals surface area contributed by atoms with Gasteiger partial charge in [0.05, 0.1) is 11.2 Å². The van der Waals surface area contributed by atoms with Gasteiger partial charge in [0.1, 0.15) is 5.75 Å². The van der Waals surface area contributed by atoms with E-state index in [0.29, 0.717) is 6.54 Å². The number of benzene rings is 1. The number of unbranched alkanes of at least 4 members (excludes halogenated alkanes) is 1. The quantitative estimate of drug-likeness (QED) is 0.755. The minimum absolute atomic E-state index is 0.0456. The maximum atomic E-state index is 11.9. The Kier molecular flexibility index (Phi) is 4.75. The van der Waals surface area contributed by atoms with Gasteiger partial charge in [-0.25, -0.2) is 18.1 Å². The minimum Gasteiger partial charge on any atom is -0.508 e. The van der Waals surface area contributed by atoms with E-state index >= 15 is 0 Å². The van der Waals surface area contributed by atoms with Crippen LogP contribution in [0.4, 0.5) is 0 Å². The molecule has 1 aromatic heterocycles. The Morgan fingerprint density at radius 1 is 1.20 bits per heavy atom. The van der Waals surface area contributed by atoms with Crippen molar-refractivity contribution >= 4 is 10.0 Å². The number of hydrogen-bond acceptors (Lipinski definition) is 4. The predicted molar refractivity (Wildman–Crippen MR) is 74.8 cm³/mol. The van der Waals surface area contributed by atoms with Crippen LogP contribution in [0.15, 0.2) is 47.9 Å². The van der Waals surface area contributed by atoms with E-state index in [1.807, 2.05) is 10.8 Å². The number of phenols is 1. The van der Waals surface area contributed by atoms with Crippen molar-refractivity contribution in [2.24, 2.45) is 0 Å². The molecule has 0 fully saturated rings. The zero-order valence-electron chi connectivity index (χ0n) is 10.9. The van der Waals surface area contributed by atoms with E-state index in [-0.39, 0.29) is 10.6 Å². The van der Waals surface area contributed by atoms with Gasteiger partial charge in [-0.05, 0) is 37.1 Å². The van der Waals surface area contributed by atoms with Gasteiger partial charge in [-0.15, -0.1) is 0 Å². The summed E-state index contributed by atoms with van der Waals surface area (Å²) in [5.41, 5.74) is 0. The van der Waals surface area contributed by atoms with Gasteiger partial charge in [-0.1, -0.05) is 0 Å². The maximum absolute atomic E-state index is 11.9. The second-order valence-electron chi connectivity index (χ2n) is 4.40. The number of imidazole rings is 1. The van der Waals surface area contributed by atoms with Crippen molar-refractivity contribution in [2.45, 2.75) is 24.3 Å². The summed E-state index contributed by atoms with van der Waals surface area (Å²) in [6.07, 6.45) is 6.94. The third-order valence-corrected chi connectivity index (χ3v) is 4.32. The average molecular weight is 295 g/mol. The second kappa shape index (κ2) is 6.53. The zero-order chi connectivity index (χ0) is 14.4. The highest BCUT2D eigenvalue weighted by Crippen LogP contribution is 2.14. The van der Waals surface area contributed by atoms with E-state index in [4.69, 9.17) is 5.11 Å². The van der Waals surface area contributed by atoms with Gasteiger partial charge < -0.3 is 9.67 Å². The molecule has 20 heavy (non-hydrogen) atoms. The smallest absolute Gasteiger partial charge is 0.240 e. The van der Waals surface area contributed by atoms with Crippen molar-refractivity contribution in [3.8, 4) is 5.75 Å². The van der Waals surface area contributed by atoms with Crippen LogP contribution in [0.1, 0.15) is 12.8 Å². The van der Waals surface area contributed by atoms with Crippen LogP contribution < -0.4 is 4.72 Å². The van der Waals surface area contributed by atoms with Crippen LogP contribution in [0.2, 0.25) is 0 Å². The van der Waals surface area contributed by atoms with E-state index in [1.165, 1.54) is 24.3 Å². The number of nitrogens with one attached hydrogen (secondary N) is 1. The lowest BCUT2D eigenvalue weighted by Gasteiger charge is -2.07. The summed E-state index contributed by atoms with van der Waals surface area (Å²) >= 11 is 0. The van der Waals surface area contributed by atoms with Crippen molar-refractivity contribution < 1.29 is 13.5 Å². The molecule has 2 N–H and O–H groups in total. The van der Waals surface area contributed by atoms with E-state index in [9.17, 15) is 8.42 Å². The van der Waals surface area contributed by atoms with Crippen molar-refractivity contribution in [3.63, 3.8) is 0 Å². The van der Waals surface area contributed by atoms with Crippen molar-refractivity contribution in [1.29, 1.82) is 0 Å². The molecule has 0 unspecified atom stereocenters. The Morgan fingerprint density at radius 2 is 1.95 bits per heavy atom. The molecule has 0 spiro atoms. The van der Waals surface area contributed by atoms with E-state index in [1.54, 1.807) is 12.5 Å². The number of aromatic hydroxyl groups is 1. The van der Waals surface area contributed by atoms with Crippen LogP contribution in [-0.2, 0) is 16.6 Å². The Bertz CT molecular complexity index is 621. The van der Waals surface area contributed by atoms with Crippen LogP contribution >= 0.6 is 0 Å². The van der Waals surface area contributed by atoms with Gasteiger partial charge in [0, 0.05) is 25.5 Å². The number of hydrogen-bond donors (Lipinski definition) is 2. The van der Waals surface area contributed by atoms with E-state index < -0.39 is 10.0 Å². The first-order valence-electron chi connectivity index (χ1n) is 6.32. The minimum atomic E-state index is -3.49. The average Bonchev–Trinajstić information content (AvgIpc) is 2.92. The first-order valence-corrected chi connectivity index (χ1v) is 7.81. The largest absolute Gasteiger partial charge is 0.508 e. The molecule has 7 heteroatoms. The molecule has 0 atom stereocenters. The van der Waals surface area contributed by atoms with Gasteiger partial charge in [0.25, 0.3) is 0 Å². The van der Waals surface area contributed by atoms with Crippen LogP contribution in [0.5, 0.6) is 5.75 Å². The highest BCUT2D eigenvalue weighted by molar-refractivity contribution is 7.89. The SMILES string of the molecule is O=S(=O)(NCCCCn1ccnc1)c1ccc(O)cc1. The topological polar surface area (TPSA) is 84.2 Å². The number of aryl methyl sites for hydroxylation is 1. The number of sulfonamides is 1. The highest BCUT2D eigenvalue weighted by atomic mass is 32.2. The van der Waals surface area contributed by atoms with Crippen molar-refractivity contribution in [1.82, 2.24) is 14.3 Å². The van der Waals surface area contributed by atoms with Gasteiger partial charge in [-0.3, -0.25) is 0 Å². The highest BCUT2D eigenvalue weighted by Gasteiger charge is 2.12. The molecule has 0 radical (unpaired) electrons. The van der Waals surface area contributed by atoms with Crippen molar-refractivity contribution in [2.75, 3.05) is 6.54 Å². The number of aromatic nitrogens is 2. The molecule has 0 aliphatic heterocycles. The standard InChI is InChI=1S/C13H17N3O3S/c17-12-3-5-13(6-4-12)20(18,19)15-7-1-2-9-16-10-8-14-11-16/h3-6,8,10-11,15,17H,1-2,7,9H2. The molecule has 108 valence electrons. The predicted octanol–water partition coefficient (Wildman–Crippen LogP) is 1.35. The Hall–Kier alpha value is -1.86. The molecule has 1 heterocycles. The number of rotatable bonds is 7. The van der Waals surface area contributed by atoms with Crippen LogP contribution in [-0.4, -0.2) is 29.6 Å². The van der Waals surface area contributed by atoms with Gasteiger partial charge in [0.15, 0.2) is 0 Å². The zero-order valence-corrected chi connectivity index (χ0v) is 11.8. The Morgan fingerprint density at radius 3 is 2.60 bits per heavy atom. The molecule has 0 amide bonds. The fraction of sp³-hybridized carbons (Fsp3) is 0.308. The monoisotopic (exact) mass is 295 g/mol. The van der Waals surface area contributed by atoms with Gasteiger partial charge >= 0.3 is 0 Å². The molecule has 0 aliphatic rings. The fourth-order valence-corrected chi connectivity index (χ4v) is 2.83. The molecule has 1 aromatic carbocycles. The molecule has 6 nitrogen and oxygen atoms in total. The molecule has 0 aliphatic carbocycles. The lowest BCUT2D eigenvalue weighted by atomic mass is 10.3. The molecule has 0 saturated carbocycles.